The van der Waals surface area contributed by atoms with E-state index in [9.17, 15) is 18.0 Å². The minimum absolute atomic E-state index is 0. The maximum atomic E-state index is 12.9. The summed E-state index contributed by atoms with van der Waals surface area (Å²) in [4.78, 5) is 12.2. The van der Waals surface area contributed by atoms with Crippen molar-refractivity contribution in [2.75, 3.05) is 22.9 Å². The first kappa shape index (κ1) is 24.9. The van der Waals surface area contributed by atoms with Gasteiger partial charge in [-0.05, 0) is 42.3 Å². The Bertz CT molecular complexity index is 738. The Morgan fingerprint density at radius 3 is 2.22 bits per heavy atom. The summed E-state index contributed by atoms with van der Waals surface area (Å²) in [6.45, 7) is 2.53. The zero-order chi connectivity index (χ0) is 18.4. The highest BCUT2D eigenvalue weighted by atomic mass is 35.5. The second-order valence-corrected chi connectivity index (χ2v) is 5.65. The van der Waals surface area contributed by atoms with Gasteiger partial charge in [-0.15, -0.1) is 24.8 Å². The summed E-state index contributed by atoms with van der Waals surface area (Å²) in [6.07, 6.45) is -3.62. The van der Waals surface area contributed by atoms with Crippen molar-refractivity contribution >= 4 is 47.8 Å². The quantitative estimate of drug-likeness (QED) is 0.563. The number of carbonyl (C=O) groups is 1. The van der Waals surface area contributed by atoms with E-state index in [1.165, 1.54) is 6.07 Å². The van der Waals surface area contributed by atoms with Crippen LogP contribution >= 0.6 is 24.8 Å². The average Bonchev–Trinajstić information content (AvgIpc) is 2.55. The lowest BCUT2D eigenvalue weighted by molar-refractivity contribution is -0.137. The molecule has 0 unspecified atom stereocenters. The molecule has 0 saturated carbocycles. The number of hydrogen-bond donors (Lipinski definition) is 3. The van der Waals surface area contributed by atoms with Crippen LogP contribution < -0.4 is 16.4 Å². The summed E-state index contributed by atoms with van der Waals surface area (Å²) in [7, 11) is 0. The number of hydrogen-bond acceptors (Lipinski definition) is 3. The van der Waals surface area contributed by atoms with Gasteiger partial charge in [-0.3, -0.25) is 4.79 Å². The molecule has 4 nitrogen and oxygen atoms in total. The van der Waals surface area contributed by atoms with Gasteiger partial charge in [0.05, 0.1) is 23.4 Å². The smallest absolute Gasteiger partial charge is 0.399 e. The van der Waals surface area contributed by atoms with Crippen LogP contribution in [-0.4, -0.2) is 12.5 Å². The minimum atomic E-state index is -4.47. The molecule has 2 aromatic rings. The molecule has 0 aliphatic heterocycles. The molecule has 0 atom stereocenters. The number of rotatable bonds is 6. The summed E-state index contributed by atoms with van der Waals surface area (Å²) in [6, 6.07) is 10.0. The Kier molecular flexibility index (Phi) is 10.0. The normalized spacial score (nSPS) is 10.4. The van der Waals surface area contributed by atoms with Gasteiger partial charge in [0, 0.05) is 12.2 Å². The maximum Gasteiger partial charge on any atom is 0.416 e. The number of halogens is 5. The van der Waals surface area contributed by atoms with Crippen molar-refractivity contribution in [3.05, 3.63) is 53.6 Å². The number of nitrogens with one attached hydrogen (secondary N) is 2. The number of carbonyl (C=O) groups excluding carboxylic acids is 1. The molecule has 0 saturated heterocycles. The first-order chi connectivity index (χ1) is 11.8. The molecular weight excluding hydrogens is 402 g/mol. The molecule has 0 bridgehead atoms. The third kappa shape index (κ3) is 7.56. The van der Waals surface area contributed by atoms with E-state index in [4.69, 9.17) is 5.73 Å². The van der Waals surface area contributed by atoms with Crippen LogP contribution in [0.25, 0.3) is 0 Å². The largest absolute Gasteiger partial charge is 0.416 e. The van der Waals surface area contributed by atoms with Crippen molar-refractivity contribution in [3.63, 3.8) is 0 Å². The van der Waals surface area contributed by atoms with E-state index in [2.05, 4.69) is 10.6 Å². The van der Waals surface area contributed by atoms with Gasteiger partial charge in [-0.2, -0.15) is 13.2 Å². The Morgan fingerprint density at radius 1 is 1.04 bits per heavy atom. The standard InChI is InChI=1S/C18H20F3N3O.2ClH/c1-2-9-23-15-8-5-13(18(19,20)21)11-16(15)24-17(25)10-12-3-6-14(22)7-4-12;;/h3-8,11,23H,2,9-10,22H2,1H3,(H,24,25);2*1H. The highest BCUT2D eigenvalue weighted by Gasteiger charge is 2.31. The zero-order valence-corrected chi connectivity index (χ0v) is 16.2. The molecule has 9 heteroatoms. The van der Waals surface area contributed by atoms with Crippen molar-refractivity contribution in [1.29, 1.82) is 0 Å². The number of anilines is 3. The van der Waals surface area contributed by atoms with Crippen molar-refractivity contribution in [2.45, 2.75) is 25.9 Å². The van der Waals surface area contributed by atoms with Crippen LogP contribution in [-0.2, 0) is 17.4 Å². The molecule has 4 N–H and O–H groups in total. The fourth-order valence-corrected chi connectivity index (χ4v) is 2.25. The SMILES string of the molecule is CCCNc1ccc(C(F)(F)F)cc1NC(=O)Cc1ccc(N)cc1.Cl.Cl. The van der Waals surface area contributed by atoms with Crippen LogP contribution in [0.2, 0.25) is 0 Å². The average molecular weight is 424 g/mol. The van der Waals surface area contributed by atoms with Gasteiger partial charge in [0.15, 0.2) is 0 Å². The van der Waals surface area contributed by atoms with Gasteiger partial charge in [0.25, 0.3) is 0 Å². The molecule has 0 spiro atoms. The van der Waals surface area contributed by atoms with E-state index in [1.54, 1.807) is 24.3 Å². The number of amides is 1. The van der Waals surface area contributed by atoms with E-state index >= 15 is 0 Å². The molecule has 150 valence electrons. The summed E-state index contributed by atoms with van der Waals surface area (Å²) in [5, 5.41) is 5.58. The van der Waals surface area contributed by atoms with Gasteiger partial charge in [-0.25, -0.2) is 0 Å². The summed E-state index contributed by atoms with van der Waals surface area (Å²) in [5.41, 5.74) is 6.66. The van der Waals surface area contributed by atoms with Crippen LogP contribution in [0.1, 0.15) is 24.5 Å². The number of nitrogens with two attached hydrogens (primary N) is 1. The van der Waals surface area contributed by atoms with E-state index in [-0.39, 0.29) is 36.9 Å². The lowest BCUT2D eigenvalue weighted by Crippen LogP contribution is -2.17. The molecule has 0 fully saturated rings. The van der Waals surface area contributed by atoms with Gasteiger partial charge >= 0.3 is 6.18 Å². The first-order valence-corrected chi connectivity index (χ1v) is 7.89. The Morgan fingerprint density at radius 2 is 1.67 bits per heavy atom. The van der Waals surface area contributed by atoms with Crippen LogP contribution in [0, 0.1) is 0 Å². The monoisotopic (exact) mass is 423 g/mol. The maximum absolute atomic E-state index is 12.9. The second kappa shape index (κ2) is 10.9. The molecule has 27 heavy (non-hydrogen) atoms. The lowest BCUT2D eigenvalue weighted by Gasteiger charge is -2.16. The zero-order valence-electron chi connectivity index (χ0n) is 14.6. The van der Waals surface area contributed by atoms with E-state index < -0.39 is 17.6 Å². The molecule has 0 aliphatic carbocycles. The van der Waals surface area contributed by atoms with Crippen LogP contribution in [0.3, 0.4) is 0 Å². The highest BCUT2D eigenvalue weighted by molar-refractivity contribution is 5.95. The molecule has 0 aliphatic rings. The number of nitrogen functional groups attached to an aromatic ring is 1. The van der Waals surface area contributed by atoms with Gasteiger partial charge in [0.2, 0.25) is 5.91 Å². The predicted molar refractivity (Wildman–Crippen MR) is 108 cm³/mol. The second-order valence-electron chi connectivity index (χ2n) is 5.65. The third-order valence-corrected chi connectivity index (χ3v) is 3.53. The Balaban J connectivity index is 0.00000338. The molecule has 0 aromatic heterocycles. The molecule has 2 rings (SSSR count). The van der Waals surface area contributed by atoms with Crippen molar-refractivity contribution < 1.29 is 18.0 Å². The fraction of sp³-hybridized carbons (Fsp3) is 0.278. The lowest BCUT2D eigenvalue weighted by atomic mass is 10.1. The van der Waals surface area contributed by atoms with Crippen LogP contribution in [0.15, 0.2) is 42.5 Å². The summed E-state index contributed by atoms with van der Waals surface area (Å²) < 4.78 is 38.8. The topological polar surface area (TPSA) is 67.1 Å². The van der Waals surface area contributed by atoms with Crippen molar-refractivity contribution in [1.82, 2.24) is 0 Å². The first-order valence-electron chi connectivity index (χ1n) is 7.89. The van der Waals surface area contributed by atoms with Crippen LogP contribution in [0.5, 0.6) is 0 Å². The number of alkyl halides is 3. The Labute approximate surface area is 168 Å². The Hall–Kier alpha value is -2.12. The molecule has 0 radical (unpaired) electrons. The molecule has 0 heterocycles. The van der Waals surface area contributed by atoms with E-state index in [0.29, 0.717) is 17.9 Å². The number of benzene rings is 2. The molecule has 1 amide bonds. The molecular formula is C18H22Cl2F3N3O. The van der Waals surface area contributed by atoms with E-state index in [0.717, 1.165) is 24.1 Å². The summed E-state index contributed by atoms with van der Waals surface area (Å²) >= 11 is 0. The predicted octanol–water partition coefficient (Wildman–Crippen LogP) is 5.13. The van der Waals surface area contributed by atoms with Crippen LogP contribution in [0.4, 0.5) is 30.2 Å². The van der Waals surface area contributed by atoms with E-state index in [1.807, 2.05) is 6.92 Å². The molecule has 2 aromatic carbocycles. The highest BCUT2D eigenvalue weighted by Crippen LogP contribution is 2.34. The third-order valence-electron chi connectivity index (χ3n) is 3.53. The minimum Gasteiger partial charge on any atom is -0.399 e. The summed E-state index contributed by atoms with van der Waals surface area (Å²) in [5.74, 6) is -0.399. The van der Waals surface area contributed by atoms with Crippen molar-refractivity contribution in [2.24, 2.45) is 0 Å². The van der Waals surface area contributed by atoms with Gasteiger partial charge < -0.3 is 16.4 Å². The fourth-order valence-electron chi connectivity index (χ4n) is 2.25. The van der Waals surface area contributed by atoms with Gasteiger partial charge in [-0.1, -0.05) is 19.1 Å². The van der Waals surface area contributed by atoms with Crippen molar-refractivity contribution in [3.8, 4) is 0 Å². The van der Waals surface area contributed by atoms with Gasteiger partial charge in [0.1, 0.15) is 0 Å².